The zero-order valence-corrected chi connectivity index (χ0v) is 14.9. The quantitative estimate of drug-likeness (QED) is 0.803. The molecular formula is C19H22N2O2S. The van der Waals surface area contributed by atoms with Crippen LogP contribution in [0.5, 0.6) is 0 Å². The van der Waals surface area contributed by atoms with Crippen LogP contribution in [0.3, 0.4) is 0 Å². The molecule has 0 unspecified atom stereocenters. The van der Waals surface area contributed by atoms with Gasteiger partial charge in [0.1, 0.15) is 0 Å². The number of benzene rings is 2. The molecule has 2 aromatic carbocycles. The molecule has 24 heavy (non-hydrogen) atoms. The lowest BCUT2D eigenvalue weighted by atomic mass is 9.98. The molecule has 0 atom stereocenters. The van der Waals surface area contributed by atoms with Crippen molar-refractivity contribution < 1.29 is 8.42 Å². The third-order valence-corrected chi connectivity index (χ3v) is 5.85. The van der Waals surface area contributed by atoms with E-state index in [9.17, 15) is 8.42 Å². The fourth-order valence-corrected chi connectivity index (χ4v) is 4.59. The zero-order chi connectivity index (χ0) is 17.2. The first-order valence-corrected chi connectivity index (χ1v) is 9.74. The summed E-state index contributed by atoms with van der Waals surface area (Å²) >= 11 is 0. The Morgan fingerprint density at radius 1 is 1.00 bits per heavy atom. The monoisotopic (exact) mass is 342 g/mol. The molecule has 0 spiro atoms. The van der Waals surface area contributed by atoms with E-state index >= 15 is 0 Å². The van der Waals surface area contributed by atoms with Gasteiger partial charge in [0.05, 0.1) is 16.4 Å². The van der Waals surface area contributed by atoms with E-state index in [0.29, 0.717) is 17.0 Å². The van der Waals surface area contributed by atoms with E-state index in [1.54, 1.807) is 12.1 Å². The Morgan fingerprint density at radius 3 is 2.42 bits per heavy atom. The van der Waals surface area contributed by atoms with E-state index in [4.69, 9.17) is 4.99 Å². The molecular weight excluding hydrogens is 320 g/mol. The van der Waals surface area contributed by atoms with Crippen molar-refractivity contribution in [2.45, 2.75) is 17.1 Å². The van der Waals surface area contributed by atoms with Crippen LogP contribution in [0.2, 0.25) is 0 Å². The van der Waals surface area contributed by atoms with Gasteiger partial charge in [0, 0.05) is 17.7 Å². The van der Waals surface area contributed by atoms with E-state index in [2.05, 4.69) is 4.90 Å². The second-order valence-corrected chi connectivity index (χ2v) is 8.26. The molecule has 4 nitrogen and oxygen atoms in total. The first-order valence-electron chi connectivity index (χ1n) is 8.08. The summed E-state index contributed by atoms with van der Waals surface area (Å²) < 4.78 is 25.5. The summed E-state index contributed by atoms with van der Waals surface area (Å²) in [6, 6.07) is 14.9. The highest BCUT2D eigenvalue weighted by Crippen LogP contribution is 2.29. The number of rotatable bonds is 4. The van der Waals surface area contributed by atoms with Crippen LogP contribution in [0.4, 0.5) is 0 Å². The highest BCUT2D eigenvalue weighted by molar-refractivity contribution is 7.90. The van der Waals surface area contributed by atoms with Crippen molar-refractivity contribution in [1.29, 1.82) is 0 Å². The van der Waals surface area contributed by atoms with Crippen LogP contribution in [-0.2, 0) is 15.6 Å². The Labute approximate surface area is 143 Å². The smallest absolute Gasteiger partial charge is 0.183 e. The van der Waals surface area contributed by atoms with Gasteiger partial charge in [-0.3, -0.25) is 4.99 Å². The topological polar surface area (TPSA) is 49.7 Å². The Kier molecular flexibility index (Phi) is 4.83. The highest BCUT2D eigenvalue weighted by atomic mass is 32.2. The minimum atomic E-state index is -3.36. The Balaban J connectivity index is 2.11. The van der Waals surface area contributed by atoms with E-state index in [-0.39, 0.29) is 5.75 Å². The minimum Gasteiger partial charge on any atom is -0.309 e. The summed E-state index contributed by atoms with van der Waals surface area (Å²) in [5, 5.41) is 0. The summed E-state index contributed by atoms with van der Waals surface area (Å²) in [5.74, 6) is 0.0247. The largest absolute Gasteiger partial charge is 0.309 e. The minimum absolute atomic E-state index is 0.0247. The van der Waals surface area contributed by atoms with Crippen molar-refractivity contribution in [2.75, 3.05) is 27.2 Å². The van der Waals surface area contributed by atoms with E-state index in [1.165, 1.54) is 0 Å². The number of fused-ring (bicyclic) bond motifs is 2. The summed E-state index contributed by atoms with van der Waals surface area (Å²) in [7, 11) is 0.717. The second kappa shape index (κ2) is 6.87. The van der Waals surface area contributed by atoms with Gasteiger partial charge >= 0.3 is 0 Å². The molecule has 0 fully saturated rings. The Hall–Kier alpha value is -1.98. The van der Waals surface area contributed by atoms with Crippen LogP contribution in [0.25, 0.3) is 0 Å². The summed E-state index contributed by atoms with van der Waals surface area (Å²) in [6.07, 6.45) is 0.938. The van der Waals surface area contributed by atoms with Gasteiger partial charge in [0.25, 0.3) is 0 Å². The predicted octanol–water partition coefficient (Wildman–Crippen LogP) is 2.76. The summed E-state index contributed by atoms with van der Waals surface area (Å²) in [4.78, 5) is 7.30. The predicted molar refractivity (Wildman–Crippen MR) is 97.5 cm³/mol. The van der Waals surface area contributed by atoms with Gasteiger partial charge in [-0.05, 0) is 38.7 Å². The molecule has 5 heteroatoms. The van der Waals surface area contributed by atoms with Crippen LogP contribution in [0.15, 0.2) is 58.4 Å². The average molecular weight is 342 g/mol. The van der Waals surface area contributed by atoms with Crippen molar-refractivity contribution in [1.82, 2.24) is 4.90 Å². The number of aliphatic imine (C=N–C) groups is 1. The summed E-state index contributed by atoms with van der Waals surface area (Å²) in [6.45, 7) is 1.63. The number of hydrogen-bond donors (Lipinski definition) is 0. The molecule has 2 aromatic rings. The van der Waals surface area contributed by atoms with Gasteiger partial charge in [-0.25, -0.2) is 8.42 Å². The Morgan fingerprint density at radius 2 is 1.67 bits per heavy atom. The first-order chi connectivity index (χ1) is 11.5. The van der Waals surface area contributed by atoms with Gasteiger partial charge in [-0.1, -0.05) is 42.5 Å². The van der Waals surface area contributed by atoms with Gasteiger partial charge < -0.3 is 4.90 Å². The first kappa shape index (κ1) is 16.9. The van der Waals surface area contributed by atoms with Crippen molar-refractivity contribution in [2.24, 2.45) is 4.99 Å². The van der Waals surface area contributed by atoms with Crippen LogP contribution in [0, 0.1) is 0 Å². The van der Waals surface area contributed by atoms with Crippen LogP contribution in [-0.4, -0.2) is 46.2 Å². The van der Waals surface area contributed by atoms with Crippen molar-refractivity contribution in [3.05, 3.63) is 65.2 Å². The van der Waals surface area contributed by atoms with Crippen LogP contribution < -0.4 is 0 Å². The number of hydrogen-bond acceptors (Lipinski definition) is 4. The molecule has 0 aliphatic carbocycles. The third kappa shape index (κ3) is 3.42. The lowest BCUT2D eigenvalue weighted by Crippen LogP contribution is -2.14. The standard InChI is InChI=1S/C19H22N2O2S/c1-21(2)13-7-12-20-19-16-9-4-3-8-15(16)14-24(22,23)18-11-6-5-10-17(18)19/h3-6,8-11H,7,12-14H2,1-2H3. The fraction of sp³-hybridized carbons (Fsp3) is 0.316. The van der Waals surface area contributed by atoms with E-state index in [1.807, 2.05) is 50.5 Å². The molecule has 0 amide bonds. The molecule has 0 saturated carbocycles. The third-order valence-electron chi connectivity index (χ3n) is 4.13. The lowest BCUT2D eigenvalue weighted by Gasteiger charge is -2.11. The van der Waals surface area contributed by atoms with Gasteiger partial charge in [-0.2, -0.15) is 0 Å². The highest BCUT2D eigenvalue weighted by Gasteiger charge is 2.28. The molecule has 3 rings (SSSR count). The van der Waals surface area contributed by atoms with Gasteiger partial charge in [0.2, 0.25) is 0 Å². The van der Waals surface area contributed by atoms with Crippen molar-refractivity contribution >= 4 is 15.5 Å². The molecule has 1 heterocycles. The normalized spacial score (nSPS) is 17.4. The molecule has 0 N–H and O–H groups in total. The van der Waals surface area contributed by atoms with Gasteiger partial charge in [-0.15, -0.1) is 0 Å². The molecule has 126 valence electrons. The number of sulfone groups is 1. The van der Waals surface area contributed by atoms with Crippen molar-refractivity contribution in [3.63, 3.8) is 0 Å². The maximum absolute atomic E-state index is 12.8. The molecule has 0 radical (unpaired) electrons. The fourth-order valence-electron chi connectivity index (χ4n) is 2.99. The number of nitrogens with zero attached hydrogens (tertiary/aromatic N) is 2. The van der Waals surface area contributed by atoms with Crippen molar-refractivity contribution in [3.8, 4) is 0 Å². The van der Waals surface area contributed by atoms with Crippen LogP contribution >= 0.6 is 0 Å². The SMILES string of the molecule is CN(C)CCCN=C1c2ccccc2CS(=O)(=O)c2ccccc21. The maximum atomic E-state index is 12.8. The molecule has 0 bridgehead atoms. The Bertz CT molecular complexity index is 870. The van der Waals surface area contributed by atoms with Gasteiger partial charge in [0.15, 0.2) is 9.84 Å². The van der Waals surface area contributed by atoms with E-state index < -0.39 is 9.84 Å². The molecule has 0 aromatic heterocycles. The molecule has 1 aliphatic rings. The average Bonchev–Trinajstić information content (AvgIpc) is 2.64. The maximum Gasteiger partial charge on any atom is 0.183 e. The van der Waals surface area contributed by atoms with E-state index in [0.717, 1.165) is 29.8 Å². The second-order valence-electron chi connectivity index (χ2n) is 6.30. The molecule has 1 aliphatic heterocycles. The molecule has 0 saturated heterocycles. The van der Waals surface area contributed by atoms with Crippen LogP contribution in [0.1, 0.15) is 23.1 Å². The lowest BCUT2D eigenvalue weighted by molar-refractivity contribution is 0.403. The summed E-state index contributed by atoms with van der Waals surface area (Å²) in [5.41, 5.74) is 3.25. The zero-order valence-electron chi connectivity index (χ0n) is 14.1.